The molecule has 154 valence electrons. The van der Waals surface area contributed by atoms with Crippen LogP contribution in [0.5, 0.6) is 5.75 Å². The van der Waals surface area contributed by atoms with Gasteiger partial charge in [-0.2, -0.15) is 4.31 Å². The number of hydrogen-bond acceptors (Lipinski definition) is 6. The van der Waals surface area contributed by atoms with Crippen molar-refractivity contribution in [2.75, 3.05) is 32.1 Å². The number of ether oxygens (including phenoxy) is 2. The van der Waals surface area contributed by atoms with Crippen molar-refractivity contribution in [3.63, 3.8) is 0 Å². The average Bonchev–Trinajstić information content (AvgIpc) is 2.72. The molecule has 2 aromatic carbocycles. The summed E-state index contributed by atoms with van der Waals surface area (Å²) in [5, 5.41) is 0. The zero-order chi connectivity index (χ0) is 21.2. The van der Waals surface area contributed by atoms with E-state index in [4.69, 9.17) is 9.47 Å². The molecule has 1 aliphatic heterocycles. The minimum Gasteiger partial charge on any atom is -0.475 e. The van der Waals surface area contributed by atoms with Gasteiger partial charge < -0.3 is 14.4 Å². The van der Waals surface area contributed by atoms with Crippen LogP contribution in [-0.2, 0) is 24.3 Å². The number of rotatable bonds is 5. The largest absolute Gasteiger partial charge is 0.475 e. The number of sulfonamides is 1. The van der Waals surface area contributed by atoms with E-state index in [1.807, 2.05) is 0 Å². The van der Waals surface area contributed by atoms with Crippen LogP contribution >= 0.6 is 15.9 Å². The highest BCUT2D eigenvalue weighted by Crippen LogP contribution is 2.33. The Bertz CT molecular complexity index is 1030. The maximum atomic E-state index is 13.0. The van der Waals surface area contributed by atoms with E-state index in [0.717, 1.165) is 8.78 Å². The van der Waals surface area contributed by atoms with E-state index in [1.165, 1.54) is 31.2 Å². The van der Waals surface area contributed by atoms with E-state index in [0.29, 0.717) is 11.4 Å². The van der Waals surface area contributed by atoms with Gasteiger partial charge >= 0.3 is 5.97 Å². The summed E-state index contributed by atoms with van der Waals surface area (Å²) >= 11 is 3.26. The van der Waals surface area contributed by atoms with Crippen molar-refractivity contribution in [1.29, 1.82) is 0 Å². The van der Waals surface area contributed by atoms with Crippen LogP contribution < -0.4 is 9.64 Å². The van der Waals surface area contributed by atoms with Gasteiger partial charge in [-0.25, -0.2) is 13.2 Å². The summed E-state index contributed by atoms with van der Waals surface area (Å²) in [6.45, 7) is -0.477. The molecule has 0 aliphatic carbocycles. The van der Waals surface area contributed by atoms with Crippen LogP contribution in [0.1, 0.15) is 0 Å². The summed E-state index contributed by atoms with van der Waals surface area (Å²) in [6.07, 6.45) is -0.993. The van der Waals surface area contributed by atoms with Crippen LogP contribution in [0.3, 0.4) is 0 Å². The molecule has 1 aliphatic rings. The molecule has 1 heterocycles. The molecule has 1 amide bonds. The van der Waals surface area contributed by atoms with E-state index < -0.39 is 34.5 Å². The number of esters is 1. The van der Waals surface area contributed by atoms with E-state index in [9.17, 15) is 18.0 Å². The van der Waals surface area contributed by atoms with Crippen LogP contribution in [0.15, 0.2) is 57.9 Å². The molecule has 0 spiro atoms. The first-order chi connectivity index (χ1) is 13.7. The molecule has 0 saturated carbocycles. The van der Waals surface area contributed by atoms with Gasteiger partial charge in [0.2, 0.25) is 22.0 Å². The molecule has 29 heavy (non-hydrogen) atoms. The number of fused-ring (bicyclic) bond motifs is 1. The molecule has 2 aromatic rings. The molecular weight excluding hydrogens is 464 g/mol. The van der Waals surface area contributed by atoms with E-state index in [2.05, 4.69) is 15.9 Å². The van der Waals surface area contributed by atoms with Crippen molar-refractivity contribution in [3.8, 4) is 5.75 Å². The van der Waals surface area contributed by atoms with Gasteiger partial charge in [0.05, 0.1) is 30.8 Å². The summed E-state index contributed by atoms with van der Waals surface area (Å²) < 4.78 is 37.6. The molecule has 0 saturated heterocycles. The number of carbonyl (C=O) groups excluding carboxylic acids is 2. The predicted octanol–water partition coefficient (Wildman–Crippen LogP) is 2.04. The molecule has 0 fully saturated rings. The third-order valence-electron chi connectivity index (χ3n) is 4.42. The maximum Gasteiger partial charge on any atom is 0.348 e. The normalized spacial score (nSPS) is 16.1. The van der Waals surface area contributed by atoms with E-state index in [-0.39, 0.29) is 11.4 Å². The van der Waals surface area contributed by atoms with Gasteiger partial charge in [-0.15, -0.1) is 0 Å². The number of halogens is 1. The summed E-state index contributed by atoms with van der Waals surface area (Å²) in [5.41, 5.74) is 0.465. The molecule has 10 heteroatoms. The monoisotopic (exact) mass is 482 g/mol. The number of amides is 1. The standard InChI is InChI=1S/C19H19BrN2O6S/c1-21(29(25,26)14-9-7-13(20)8-10-14)12-18(23)22-11-17(19(24)27-2)28-16-6-4-3-5-15(16)22/h3-10,17H,11-12H2,1-2H3. The Kier molecular flexibility index (Phi) is 6.25. The molecule has 1 unspecified atom stereocenters. The Hall–Kier alpha value is -2.43. The topological polar surface area (TPSA) is 93.2 Å². The summed E-state index contributed by atoms with van der Waals surface area (Å²) in [6, 6.07) is 12.9. The second-order valence-corrected chi connectivity index (χ2v) is 9.28. The number of hydrogen-bond donors (Lipinski definition) is 0. The van der Waals surface area contributed by atoms with E-state index in [1.54, 1.807) is 36.4 Å². The van der Waals surface area contributed by atoms with Crippen molar-refractivity contribution in [2.24, 2.45) is 0 Å². The third-order valence-corrected chi connectivity index (χ3v) is 6.76. The number of nitrogens with zero attached hydrogens (tertiary/aromatic N) is 2. The Morgan fingerprint density at radius 1 is 1.21 bits per heavy atom. The lowest BCUT2D eigenvalue weighted by Crippen LogP contribution is -2.50. The molecule has 8 nitrogen and oxygen atoms in total. The Morgan fingerprint density at radius 2 is 1.86 bits per heavy atom. The number of anilines is 1. The lowest BCUT2D eigenvalue weighted by Gasteiger charge is -2.34. The van der Waals surface area contributed by atoms with Crippen molar-refractivity contribution in [1.82, 2.24) is 4.31 Å². The number of methoxy groups -OCH3 is 1. The van der Waals surface area contributed by atoms with Crippen LogP contribution in [-0.4, -0.2) is 58.0 Å². The Morgan fingerprint density at radius 3 is 2.52 bits per heavy atom. The Labute approximate surface area is 177 Å². The fraction of sp³-hybridized carbons (Fsp3) is 0.263. The molecule has 3 rings (SSSR count). The first kappa shape index (κ1) is 21.3. The second-order valence-electron chi connectivity index (χ2n) is 6.32. The fourth-order valence-electron chi connectivity index (χ4n) is 2.87. The predicted molar refractivity (Wildman–Crippen MR) is 109 cm³/mol. The SMILES string of the molecule is COC(=O)C1CN(C(=O)CN(C)S(=O)(=O)c2ccc(Br)cc2)c2ccccc2O1. The molecule has 0 bridgehead atoms. The highest BCUT2D eigenvalue weighted by molar-refractivity contribution is 9.10. The smallest absolute Gasteiger partial charge is 0.348 e. The molecule has 0 aromatic heterocycles. The summed E-state index contributed by atoms with van der Waals surface area (Å²) in [5.74, 6) is -0.757. The number of para-hydroxylation sites is 2. The van der Waals surface area contributed by atoms with Gasteiger partial charge in [0.15, 0.2) is 0 Å². The molecule has 0 N–H and O–H groups in total. The van der Waals surface area contributed by atoms with Crippen LogP contribution in [0.4, 0.5) is 5.69 Å². The van der Waals surface area contributed by atoms with Crippen molar-refractivity contribution >= 4 is 43.5 Å². The maximum absolute atomic E-state index is 13.0. The van der Waals surface area contributed by atoms with Gasteiger partial charge in [0.25, 0.3) is 0 Å². The Balaban J connectivity index is 1.83. The first-order valence-corrected chi connectivity index (χ1v) is 10.8. The van der Waals surface area contributed by atoms with Crippen LogP contribution in [0.25, 0.3) is 0 Å². The third kappa shape index (κ3) is 4.44. The number of carbonyl (C=O) groups is 2. The van der Waals surface area contributed by atoms with Crippen molar-refractivity contribution < 1.29 is 27.5 Å². The molecule has 1 atom stereocenters. The number of benzene rings is 2. The lowest BCUT2D eigenvalue weighted by molar-refractivity contribution is -0.148. The van der Waals surface area contributed by atoms with Crippen LogP contribution in [0, 0.1) is 0 Å². The molecular formula is C19H19BrN2O6S. The van der Waals surface area contributed by atoms with Gasteiger partial charge in [-0.05, 0) is 36.4 Å². The zero-order valence-electron chi connectivity index (χ0n) is 15.7. The van der Waals surface area contributed by atoms with Gasteiger partial charge in [-0.3, -0.25) is 4.79 Å². The highest BCUT2D eigenvalue weighted by Gasteiger charge is 2.35. The van der Waals surface area contributed by atoms with Gasteiger partial charge in [-0.1, -0.05) is 28.1 Å². The summed E-state index contributed by atoms with van der Waals surface area (Å²) in [4.78, 5) is 26.3. The first-order valence-electron chi connectivity index (χ1n) is 8.60. The minimum absolute atomic E-state index is 0.0747. The highest BCUT2D eigenvalue weighted by atomic mass is 79.9. The van der Waals surface area contributed by atoms with Crippen LogP contribution in [0.2, 0.25) is 0 Å². The zero-order valence-corrected chi connectivity index (χ0v) is 18.1. The van der Waals surface area contributed by atoms with Crippen molar-refractivity contribution in [3.05, 3.63) is 53.0 Å². The minimum atomic E-state index is -3.86. The quantitative estimate of drug-likeness (QED) is 0.605. The fourth-order valence-corrected chi connectivity index (χ4v) is 4.26. The molecule has 0 radical (unpaired) electrons. The summed E-state index contributed by atoms with van der Waals surface area (Å²) in [7, 11) is -1.29. The second kappa shape index (κ2) is 8.52. The average molecular weight is 483 g/mol. The van der Waals surface area contributed by atoms with E-state index >= 15 is 0 Å². The lowest BCUT2D eigenvalue weighted by atomic mass is 10.2. The van der Waals surface area contributed by atoms with Crippen molar-refractivity contribution in [2.45, 2.75) is 11.0 Å². The van der Waals surface area contributed by atoms with Gasteiger partial charge in [0.1, 0.15) is 5.75 Å². The van der Waals surface area contributed by atoms with Gasteiger partial charge in [0, 0.05) is 11.5 Å². The number of likely N-dealkylation sites (N-methyl/N-ethyl adjacent to an activating group) is 1.